The van der Waals surface area contributed by atoms with Crippen molar-refractivity contribution in [2.24, 2.45) is 0 Å². The van der Waals surface area contributed by atoms with Gasteiger partial charge in [-0.2, -0.15) is 0 Å². The van der Waals surface area contributed by atoms with Crippen LogP contribution in [0.1, 0.15) is 10.6 Å². The number of carbonyl (C=O) groups is 2. The van der Waals surface area contributed by atoms with Gasteiger partial charge in [-0.25, -0.2) is 23.7 Å². The third-order valence-corrected chi connectivity index (χ3v) is 5.07. The Morgan fingerprint density at radius 3 is 2.78 bits per heavy atom. The number of aromatic nitrogens is 3. The van der Waals surface area contributed by atoms with Crippen LogP contribution >= 0.6 is 23.2 Å². The summed E-state index contributed by atoms with van der Waals surface area (Å²) in [6, 6.07) is 3.15. The molecule has 4 rings (SSSR count). The van der Waals surface area contributed by atoms with Crippen molar-refractivity contribution < 1.29 is 23.1 Å². The maximum absolute atomic E-state index is 14.2. The lowest BCUT2D eigenvalue weighted by Crippen LogP contribution is -2.49. The molecule has 2 amide bonds. The lowest BCUT2D eigenvalue weighted by Gasteiger charge is -2.19. The van der Waals surface area contributed by atoms with Gasteiger partial charge in [-0.15, -0.1) is 0 Å². The minimum Gasteiger partial charge on any atom is -0.487 e. The van der Waals surface area contributed by atoms with Crippen molar-refractivity contribution in [1.29, 1.82) is 0 Å². The van der Waals surface area contributed by atoms with Gasteiger partial charge in [0.25, 0.3) is 11.8 Å². The summed E-state index contributed by atoms with van der Waals surface area (Å²) in [5.74, 6) is -2.72. The average Bonchev–Trinajstić information content (AvgIpc) is 2.87. The molecule has 3 aromatic rings. The average molecular weight is 480 g/mol. The van der Waals surface area contributed by atoms with Crippen molar-refractivity contribution in [2.75, 3.05) is 18.6 Å². The molecule has 1 aliphatic rings. The first-order chi connectivity index (χ1) is 15.2. The number of nitrogens with one attached hydrogen (secondary N) is 1. The van der Waals surface area contributed by atoms with E-state index in [0.29, 0.717) is 5.02 Å². The Bertz CT molecular complexity index is 1240. The Hall–Kier alpha value is -3.37. The van der Waals surface area contributed by atoms with E-state index in [1.165, 1.54) is 24.2 Å². The molecule has 0 aliphatic carbocycles. The minimum absolute atomic E-state index is 0.0851. The number of likely N-dealkylation sites (N-methyl/N-ethyl adjacent to an activating group) is 1. The number of anilines is 1. The molecule has 0 bridgehead atoms. The van der Waals surface area contributed by atoms with Crippen molar-refractivity contribution in [2.45, 2.75) is 6.04 Å². The van der Waals surface area contributed by atoms with E-state index < -0.39 is 35.3 Å². The van der Waals surface area contributed by atoms with Crippen molar-refractivity contribution in [3.8, 4) is 17.0 Å². The van der Waals surface area contributed by atoms with E-state index in [1.54, 1.807) is 0 Å². The van der Waals surface area contributed by atoms with Crippen LogP contribution in [0.3, 0.4) is 0 Å². The number of carbonyl (C=O) groups excluding carboxylic acids is 2. The molecule has 1 N–H and O–H groups in total. The summed E-state index contributed by atoms with van der Waals surface area (Å²) in [7, 11) is 1.47. The normalized spacial score (nSPS) is 15.6. The Kier molecular flexibility index (Phi) is 5.90. The summed E-state index contributed by atoms with van der Waals surface area (Å²) in [6.07, 6.45) is 2.45. The topological polar surface area (TPSA) is 97.3 Å². The first kappa shape index (κ1) is 21.8. The van der Waals surface area contributed by atoms with Crippen LogP contribution in [0, 0.1) is 11.6 Å². The van der Waals surface area contributed by atoms with Gasteiger partial charge in [0.1, 0.15) is 24.3 Å². The Labute approximate surface area is 190 Å². The van der Waals surface area contributed by atoms with Gasteiger partial charge in [-0.3, -0.25) is 14.5 Å². The maximum Gasteiger partial charge on any atom is 0.289 e. The van der Waals surface area contributed by atoms with Crippen LogP contribution in [0.25, 0.3) is 11.3 Å². The molecule has 12 heteroatoms. The van der Waals surface area contributed by atoms with E-state index in [2.05, 4.69) is 20.3 Å². The van der Waals surface area contributed by atoms with Crippen molar-refractivity contribution >= 4 is 40.8 Å². The SMILES string of the molecule is CN1C(=O)[C@@H](NC(=O)c2ncc(Cl)c(-c3cc(F)ccc3F)n2)COc2cc(Cl)cnc21. The van der Waals surface area contributed by atoms with Crippen LogP contribution in [0.5, 0.6) is 5.75 Å². The zero-order valence-corrected chi connectivity index (χ0v) is 17.8. The van der Waals surface area contributed by atoms with Gasteiger partial charge in [0.15, 0.2) is 11.6 Å². The van der Waals surface area contributed by atoms with Crippen LogP contribution in [-0.4, -0.2) is 46.5 Å². The molecule has 0 saturated carbocycles. The Morgan fingerprint density at radius 2 is 2.00 bits per heavy atom. The number of hydrogen-bond donors (Lipinski definition) is 1. The molecule has 3 heterocycles. The van der Waals surface area contributed by atoms with Gasteiger partial charge in [0.05, 0.1) is 21.9 Å². The van der Waals surface area contributed by atoms with E-state index >= 15 is 0 Å². The van der Waals surface area contributed by atoms with Crippen molar-refractivity contribution in [3.63, 3.8) is 0 Å². The third kappa shape index (κ3) is 4.19. The number of fused-ring (bicyclic) bond motifs is 1. The smallest absolute Gasteiger partial charge is 0.289 e. The van der Waals surface area contributed by atoms with Gasteiger partial charge in [-0.1, -0.05) is 23.2 Å². The molecule has 0 saturated heterocycles. The third-order valence-electron chi connectivity index (χ3n) is 4.59. The highest BCUT2D eigenvalue weighted by Gasteiger charge is 2.32. The number of nitrogens with zero attached hydrogens (tertiary/aromatic N) is 4. The zero-order valence-electron chi connectivity index (χ0n) is 16.3. The molecular weight excluding hydrogens is 467 g/mol. The number of rotatable bonds is 3. The Balaban J connectivity index is 1.59. The number of benzene rings is 1. The second-order valence-electron chi connectivity index (χ2n) is 6.72. The van der Waals surface area contributed by atoms with Crippen molar-refractivity contribution in [3.05, 3.63) is 64.2 Å². The summed E-state index contributed by atoms with van der Waals surface area (Å²) >= 11 is 12.0. The molecule has 8 nitrogen and oxygen atoms in total. The number of pyridine rings is 1. The maximum atomic E-state index is 14.2. The molecular formula is C20H13Cl2F2N5O3. The predicted molar refractivity (Wildman–Crippen MR) is 112 cm³/mol. The zero-order chi connectivity index (χ0) is 23.0. The van der Waals surface area contributed by atoms with E-state index in [4.69, 9.17) is 27.9 Å². The molecule has 0 fully saturated rings. The van der Waals surface area contributed by atoms with Gasteiger partial charge in [0.2, 0.25) is 5.82 Å². The van der Waals surface area contributed by atoms with E-state index in [9.17, 15) is 18.4 Å². The first-order valence-electron chi connectivity index (χ1n) is 9.09. The number of halogens is 4. The number of hydrogen-bond acceptors (Lipinski definition) is 6. The fourth-order valence-corrected chi connectivity index (χ4v) is 3.37. The van der Waals surface area contributed by atoms with Crippen LogP contribution in [-0.2, 0) is 4.79 Å². The highest BCUT2D eigenvalue weighted by molar-refractivity contribution is 6.33. The minimum atomic E-state index is -1.10. The van der Waals surface area contributed by atoms with E-state index in [0.717, 1.165) is 24.4 Å². The van der Waals surface area contributed by atoms with Crippen molar-refractivity contribution in [1.82, 2.24) is 20.3 Å². The number of amides is 2. The summed E-state index contributed by atoms with van der Waals surface area (Å²) in [4.78, 5) is 38.6. The highest BCUT2D eigenvalue weighted by atomic mass is 35.5. The molecule has 0 unspecified atom stereocenters. The monoisotopic (exact) mass is 479 g/mol. The lowest BCUT2D eigenvalue weighted by atomic mass is 10.1. The van der Waals surface area contributed by atoms with Gasteiger partial charge >= 0.3 is 0 Å². The quantitative estimate of drug-likeness (QED) is 0.618. The fourth-order valence-electron chi connectivity index (χ4n) is 3.02. The molecule has 0 radical (unpaired) electrons. The summed E-state index contributed by atoms with van der Waals surface area (Å²) in [6.45, 7) is -0.205. The fraction of sp³-hybridized carbons (Fsp3) is 0.150. The van der Waals surface area contributed by atoms with E-state index in [1.807, 2.05) is 0 Å². The van der Waals surface area contributed by atoms with Crippen LogP contribution in [0.2, 0.25) is 10.0 Å². The summed E-state index contributed by atoms with van der Waals surface area (Å²) in [5.41, 5.74) is -0.408. The molecule has 32 heavy (non-hydrogen) atoms. The largest absolute Gasteiger partial charge is 0.487 e. The molecule has 1 atom stereocenters. The van der Waals surface area contributed by atoms with Gasteiger partial charge < -0.3 is 10.1 Å². The van der Waals surface area contributed by atoms with Gasteiger partial charge in [-0.05, 0) is 18.2 Å². The predicted octanol–water partition coefficient (Wildman–Crippen LogP) is 3.28. The van der Waals surface area contributed by atoms with Crippen LogP contribution in [0.15, 0.2) is 36.7 Å². The Morgan fingerprint density at radius 1 is 1.22 bits per heavy atom. The molecule has 1 aromatic carbocycles. The van der Waals surface area contributed by atoms with Crippen LogP contribution < -0.4 is 15.0 Å². The number of ether oxygens (including phenoxy) is 1. The van der Waals surface area contributed by atoms with Gasteiger partial charge in [0, 0.05) is 24.9 Å². The molecule has 2 aromatic heterocycles. The summed E-state index contributed by atoms with van der Waals surface area (Å²) in [5, 5.41) is 2.71. The highest BCUT2D eigenvalue weighted by Crippen LogP contribution is 2.31. The van der Waals surface area contributed by atoms with Crippen LogP contribution in [0.4, 0.5) is 14.6 Å². The standard InChI is InChI=1S/C20H13Cl2F2N5O3/c1-29-18-15(4-9(21)6-26-18)32-8-14(20(29)31)27-19(30)17-25-7-12(22)16(28-17)11-5-10(23)2-3-13(11)24/h2-7,14H,8H2,1H3,(H,27,30)/t14-/m0/s1. The lowest BCUT2D eigenvalue weighted by molar-refractivity contribution is -0.120. The molecule has 1 aliphatic heterocycles. The molecule has 164 valence electrons. The second-order valence-corrected chi connectivity index (χ2v) is 7.57. The second kappa shape index (κ2) is 8.64. The first-order valence-corrected chi connectivity index (χ1v) is 9.85. The summed E-state index contributed by atoms with van der Waals surface area (Å²) < 4.78 is 33.3. The van der Waals surface area contributed by atoms with E-state index in [-0.39, 0.29) is 34.5 Å². The molecule has 0 spiro atoms.